The van der Waals surface area contributed by atoms with Crippen molar-refractivity contribution in [3.05, 3.63) is 40.8 Å². The van der Waals surface area contributed by atoms with Gasteiger partial charge in [0.2, 0.25) is 0 Å². The van der Waals surface area contributed by atoms with Crippen molar-refractivity contribution < 1.29 is 4.39 Å². The van der Waals surface area contributed by atoms with Crippen molar-refractivity contribution in [3.8, 4) is 6.07 Å². The van der Waals surface area contributed by atoms with E-state index >= 15 is 0 Å². The molecule has 4 nitrogen and oxygen atoms in total. The topological polar surface area (TPSA) is 53.6 Å². The third-order valence-electron chi connectivity index (χ3n) is 2.79. The lowest BCUT2D eigenvalue weighted by molar-refractivity contribution is 0.628. The molecule has 0 saturated carbocycles. The monoisotopic (exact) mass is 244 g/mol. The highest BCUT2D eigenvalue weighted by atomic mass is 19.1. The van der Waals surface area contributed by atoms with Crippen LogP contribution in [0.3, 0.4) is 0 Å². The van der Waals surface area contributed by atoms with E-state index in [1.54, 1.807) is 24.7 Å². The number of benzene rings is 1. The van der Waals surface area contributed by atoms with Crippen molar-refractivity contribution in [3.63, 3.8) is 0 Å². The highest BCUT2D eigenvalue weighted by molar-refractivity contribution is 5.66. The third kappa shape index (κ3) is 2.05. The second kappa shape index (κ2) is 4.49. The number of aromatic nitrogens is 2. The van der Waals surface area contributed by atoms with Crippen molar-refractivity contribution in [1.29, 1.82) is 5.26 Å². The molecule has 2 aromatic rings. The van der Waals surface area contributed by atoms with Gasteiger partial charge >= 0.3 is 0 Å². The summed E-state index contributed by atoms with van der Waals surface area (Å²) in [7, 11) is 1.74. The van der Waals surface area contributed by atoms with Gasteiger partial charge in [-0.2, -0.15) is 10.4 Å². The van der Waals surface area contributed by atoms with Crippen LogP contribution in [0.1, 0.15) is 16.8 Å². The van der Waals surface area contributed by atoms with E-state index in [2.05, 4.69) is 16.5 Å². The van der Waals surface area contributed by atoms with Crippen molar-refractivity contribution in [1.82, 2.24) is 9.78 Å². The molecule has 0 saturated heterocycles. The van der Waals surface area contributed by atoms with Gasteiger partial charge < -0.3 is 5.32 Å². The fourth-order valence-corrected chi connectivity index (χ4v) is 1.79. The molecule has 0 radical (unpaired) electrons. The number of nitrogens with one attached hydrogen (secondary N) is 1. The largest absolute Gasteiger partial charge is 0.339 e. The van der Waals surface area contributed by atoms with Gasteiger partial charge in [-0.3, -0.25) is 4.68 Å². The zero-order valence-corrected chi connectivity index (χ0v) is 10.5. The summed E-state index contributed by atoms with van der Waals surface area (Å²) >= 11 is 0. The summed E-state index contributed by atoms with van der Waals surface area (Å²) in [6.07, 6.45) is 0. The molecule has 0 aliphatic heterocycles. The van der Waals surface area contributed by atoms with E-state index in [0.29, 0.717) is 22.8 Å². The number of rotatable bonds is 2. The first kappa shape index (κ1) is 12.1. The second-order valence-electron chi connectivity index (χ2n) is 4.13. The first-order chi connectivity index (χ1) is 8.52. The van der Waals surface area contributed by atoms with Crippen LogP contribution in [-0.2, 0) is 7.05 Å². The molecule has 1 N–H and O–H groups in total. The first-order valence-corrected chi connectivity index (χ1v) is 5.50. The average Bonchev–Trinajstić information content (AvgIpc) is 2.58. The smallest absolute Gasteiger partial charge is 0.146 e. The van der Waals surface area contributed by atoms with E-state index in [0.717, 1.165) is 5.56 Å². The van der Waals surface area contributed by atoms with Gasteiger partial charge in [-0.1, -0.05) is 6.07 Å². The molecule has 1 aromatic heterocycles. The quantitative estimate of drug-likeness (QED) is 0.883. The van der Waals surface area contributed by atoms with Gasteiger partial charge in [0.1, 0.15) is 23.3 Å². The molecule has 0 spiro atoms. The number of anilines is 2. The van der Waals surface area contributed by atoms with E-state index in [-0.39, 0.29) is 5.82 Å². The zero-order valence-electron chi connectivity index (χ0n) is 10.5. The van der Waals surface area contributed by atoms with Crippen LogP contribution < -0.4 is 5.32 Å². The lowest BCUT2D eigenvalue weighted by atomic mass is 10.2. The Labute approximate surface area is 105 Å². The molecule has 0 fully saturated rings. The minimum absolute atomic E-state index is 0.319. The SMILES string of the molecule is Cc1ccc(F)cc1Nc1c(C#N)c(C)nn1C. The fraction of sp³-hybridized carbons (Fsp3) is 0.231. The van der Waals surface area contributed by atoms with Crippen LogP contribution >= 0.6 is 0 Å². The van der Waals surface area contributed by atoms with Crippen molar-refractivity contribution in [2.75, 3.05) is 5.32 Å². The van der Waals surface area contributed by atoms with E-state index < -0.39 is 0 Å². The molecule has 5 heteroatoms. The van der Waals surface area contributed by atoms with E-state index in [9.17, 15) is 4.39 Å². The lowest BCUT2D eigenvalue weighted by Gasteiger charge is -2.10. The summed E-state index contributed by atoms with van der Waals surface area (Å²) in [6.45, 7) is 3.64. The molecule has 0 bridgehead atoms. The highest BCUT2D eigenvalue weighted by Crippen LogP contribution is 2.25. The van der Waals surface area contributed by atoms with Gasteiger partial charge in [-0.05, 0) is 31.5 Å². The number of halogens is 1. The molecule has 18 heavy (non-hydrogen) atoms. The van der Waals surface area contributed by atoms with Crippen LogP contribution in [0.15, 0.2) is 18.2 Å². The molecule has 1 heterocycles. The predicted octanol–water partition coefficient (Wildman–Crippen LogP) is 2.79. The van der Waals surface area contributed by atoms with Crippen LogP contribution in [0, 0.1) is 31.0 Å². The summed E-state index contributed by atoms with van der Waals surface area (Å²) in [5, 5.41) is 16.3. The van der Waals surface area contributed by atoms with Gasteiger partial charge in [0.25, 0.3) is 0 Å². The lowest BCUT2D eigenvalue weighted by Crippen LogP contribution is -2.02. The van der Waals surface area contributed by atoms with E-state index in [4.69, 9.17) is 5.26 Å². The van der Waals surface area contributed by atoms with E-state index in [1.807, 2.05) is 6.92 Å². The molecule has 0 atom stereocenters. The number of aryl methyl sites for hydroxylation is 3. The van der Waals surface area contributed by atoms with Gasteiger partial charge in [0.05, 0.1) is 5.69 Å². The Morgan fingerprint density at radius 3 is 2.78 bits per heavy atom. The molecular weight excluding hydrogens is 231 g/mol. The summed E-state index contributed by atoms with van der Waals surface area (Å²) in [5.41, 5.74) is 2.66. The Morgan fingerprint density at radius 2 is 2.11 bits per heavy atom. The Hall–Kier alpha value is -2.35. The summed E-state index contributed by atoms with van der Waals surface area (Å²) < 4.78 is 14.8. The third-order valence-corrected chi connectivity index (χ3v) is 2.79. The maximum Gasteiger partial charge on any atom is 0.146 e. The molecule has 0 aliphatic carbocycles. The minimum atomic E-state index is -0.319. The van der Waals surface area contributed by atoms with Crippen molar-refractivity contribution in [2.24, 2.45) is 7.05 Å². The van der Waals surface area contributed by atoms with Crippen LogP contribution in [0.5, 0.6) is 0 Å². The van der Waals surface area contributed by atoms with Gasteiger partial charge in [0.15, 0.2) is 0 Å². The Bertz CT molecular complexity index is 637. The normalized spacial score (nSPS) is 10.2. The molecular formula is C13H13FN4. The minimum Gasteiger partial charge on any atom is -0.339 e. The van der Waals surface area contributed by atoms with Crippen LogP contribution in [-0.4, -0.2) is 9.78 Å². The van der Waals surface area contributed by atoms with Crippen molar-refractivity contribution in [2.45, 2.75) is 13.8 Å². The Kier molecular flexibility index (Phi) is 3.02. The van der Waals surface area contributed by atoms with Crippen molar-refractivity contribution >= 4 is 11.5 Å². The number of hydrogen-bond donors (Lipinski definition) is 1. The van der Waals surface area contributed by atoms with Gasteiger partial charge in [-0.15, -0.1) is 0 Å². The standard InChI is InChI=1S/C13H13FN4/c1-8-4-5-10(14)6-12(8)16-13-11(7-15)9(2)17-18(13)3/h4-6,16H,1-3H3. The van der Waals surface area contributed by atoms with Crippen LogP contribution in [0.2, 0.25) is 0 Å². The molecule has 0 aliphatic rings. The maximum atomic E-state index is 13.2. The number of hydrogen-bond acceptors (Lipinski definition) is 3. The fourth-order valence-electron chi connectivity index (χ4n) is 1.79. The second-order valence-corrected chi connectivity index (χ2v) is 4.13. The van der Waals surface area contributed by atoms with E-state index in [1.165, 1.54) is 12.1 Å². The van der Waals surface area contributed by atoms with Crippen LogP contribution in [0.25, 0.3) is 0 Å². The number of nitrogens with zero attached hydrogens (tertiary/aromatic N) is 3. The molecule has 92 valence electrons. The maximum absolute atomic E-state index is 13.2. The average molecular weight is 244 g/mol. The molecule has 2 rings (SSSR count). The van der Waals surface area contributed by atoms with Gasteiger partial charge in [-0.25, -0.2) is 4.39 Å². The molecule has 0 amide bonds. The molecule has 0 unspecified atom stereocenters. The zero-order chi connectivity index (χ0) is 13.3. The summed E-state index contributed by atoms with van der Waals surface area (Å²) in [6, 6.07) is 6.59. The number of nitriles is 1. The Morgan fingerprint density at radius 1 is 1.39 bits per heavy atom. The van der Waals surface area contributed by atoms with Gasteiger partial charge in [0, 0.05) is 12.7 Å². The summed E-state index contributed by atoms with van der Waals surface area (Å²) in [4.78, 5) is 0. The highest BCUT2D eigenvalue weighted by Gasteiger charge is 2.13. The predicted molar refractivity (Wildman–Crippen MR) is 67.1 cm³/mol. The Balaban J connectivity index is 2.46. The summed E-state index contributed by atoms with van der Waals surface area (Å²) in [5.74, 6) is 0.254. The molecule has 1 aromatic carbocycles. The van der Waals surface area contributed by atoms with Crippen LogP contribution in [0.4, 0.5) is 15.9 Å². The first-order valence-electron chi connectivity index (χ1n) is 5.50.